The molecule has 0 aliphatic heterocycles. The summed E-state index contributed by atoms with van der Waals surface area (Å²) in [5.74, 6) is 0. The second-order valence-corrected chi connectivity index (χ2v) is 16.2. The Morgan fingerprint density at radius 1 is 1.11 bits per heavy atom. The number of hydrogen-bond donors (Lipinski definition) is 0. The van der Waals surface area contributed by atoms with Gasteiger partial charge in [0.15, 0.2) is 0 Å². The molecule has 0 saturated carbocycles. The highest BCUT2D eigenvalue weighted by Gasteiger charge is 2.25. The monoisotopic (exact) mass is 288 g/mol. The van der Waals surface area contributed by atoms with Crippen LogP contribution in [0.25, 0.3) is 0 Å². The van der Waals surface area contributed by atoms with E-state index in [9.17, 15) is 0 Å². The van der Waals surface area contributed by atoms with Gasteiger partial charge in [0, 0.05) is 0 Å². The summed E-state index contributed by atoms with van der Waals surface area (Å²) in [7, 11) is -2.71. The highest BCUT2D eigenvalue weighted by atomic mass is 28.3. The van der Waals surface area contributed by atoms with E-state index < -0.39 is 16.1 Å². The summed E-state index contributed by atoms with van der Waals surface area (Å²) in [6.07, 6.45) is 1.17. The predicted molar refractivity (Wildman–Crippen MR) is 94.6 cm³/mol. The van der Waals surface area contributed by atoms with E-state index in [1.54, 1.807) is 0 Å². The van der Waals surface area contributed by atoms with Crippen molar-refractivity contribution < 1.29 is 0 Å². The summed E-state index contributed by atoms with van der Waals surface area (Å²) in [5.41, 5.74) is 6.57. The molecular weight excluding hydrogens is 260 g/mol. The summed E-state index contributed by atoms with van der Waals surface area (Å²) in [5, 5.41) is 1.49. The number of benzene rings is 1. The Hall–Kier alpha value is -0.866. The summed E-state index contributed by atoms with van der Waals surface area (Å²) in [6, 6.07) is 9.13. The van der Waals surface area contributed by atoms with Gasteiger partial charge in [0.1, 0.15) is 8.07 Å². The van der Waals surface area contributed by atoms with Gasteiger partial charge in [0.2, 0.25) is 0 Å². The summed E-state index contributed by atoms with van der Waals surface area (Å²) in [4.78, 5) is 0. The molecule has 1 rings (SSSR count). The van der Waals surface area contributed by atoms with E-state index in [2.05, 4.69) is 81.9 Å². The van der Waals surface area contributed by atoms with Gasteiger partial charge in [-0.25, -0.2) is 0 Å². The first-order chi connectivity index (χ1) is 8.73. The molecule has 0 N–H and O–H groups in total. The third-order valence-electron chi connectivity index (χ3n) is 4.52. The molecule has 104 valence electrons. The van der Waals surface area contributed by atoms with Gasteiger partial charge in [-0.3, -0.25) is 0 Å². The Labute approximate surface area is 121 Å². The van der Waals surface area contributed by atoms with Crippen molar-refractivity contribution in [2.45, 2.75) is 45.1 Å². The van der Waals surface area contributed by atoms with Crippen molar-refractivity contribution in [1.29, 1.82) is 0 Å². The summed E-state index contributed by atoms with van der Waals surface area (Å²) in [6.45, 7) is 19.9. The smallest absolute Gasteiger partial charge is 0.103 e. The molecule has 1 unspecified atom stereocenters. The zero-order chi connectivity index (χ0) is 14.7. The zero-order valence-electron chi connectivity index (χ0n) is 13.2. The van der Waals surface area contributed by atoms with Crippen molar-refractivity contribution in [3.05, 3.63) is 54.4 Å². The molecule has 0 nitrogen and oxygen atoms in total. The lowest BCUT2D eigenvalue weighted by Gasteiger charge is -2.27. The second kappa shape index (κ2) is 6.06. The lowest BCUT2D eigenvalue weighted by molar-refractivity contribution is 0.881. The normalized spacial score (nSPS) is 13.9. The Morgan fingerprint density at radius 3 is 2.26 bits per heavy atom. The van der Waals surface area contributed by atoms with Gasteiger partial charge < -0.3 is 0 Å². The van der Waals surface area contributed by atoms with Crippen molar-refractivity contribution >= 4 is 21.3 Å². The molecule has 1 aromatic carbocycles. The molecule has 0 aliphatic rings. The molecule has 0 fully saturated rings. The minimum Gasteiger partial charge on any atom is -0.107 e. The van der Waals surface area contributed by atoms with Crippen LogP contribution in [0.4, 0.5) is 0 Å². The largest absolute Gasteiger partial charge is 0.107 e. The molecular formula is C17H28Si2. The van der Waals surface area contributed by atoms with Crippen molar-refractivity contribution in [1.82, 2.24) is 0 Å². The SMILES string of the molecule is C=C[Si](C)(C)c1cccc(CC(C)[Si](C)(C)C=C)c1. The molecule has 2 heteroatoms. The van der Waals surface area contributed by atoms with Gasteiger partial charge in [-0.1, -0.05) is 68.3 Å². The van der Waals surface area contributed by atoms with Gasteiger partial charge in [0.05, 0.1) is 8.07 Å². The topological polar surface area (TPSA) is 0 Å². The predicted octanol–water partition coefficient (Wildman–Crippen LogP) is 4.69. The quantitative estimate of drug-likeness (QED) is 0.666. The van der Waals surface area contributed by atoms with Crippen LogP contribution in [0.2, 0.25) is 31.7 Å². The van der Waals surface area contributed by atoms with E-state index in [1.807, 2.05) is 0 Å². The van der Waals surface area contributed by atoms with Crippen LogP contribution in [0.3, 0.4) is 0 Å². The first-order valence-corrected chi connectivity index (χ1v) is 13.3. The highest BCUT2D eigenvalue weighted by molar-refractivity contribution is 6.93. The molecule has 0 amide bonds. The fourth-order valence-electron chi connectivity index (χ4n) is 2.03. The lowest BCUT2D eigenvalue weighted by atomic mass is 10.1. The Morgan fingerprint density at radius 2 is 1.74 bits per heavy atom. The number of rotatable bonds is 6. The van der Waals surface area contributed by atoms with Gasteiger partial charge in [-0.2, -0.15) is 0 Å². The van der Waals surface area contributed by atoms with Crippen molar-refractivity contribution in [3.63, 3.8) is 0 Å². The maximum absolute atomic E-state index is 4.02. The molecule has 1 atom stereocenters. The van der Waals surface area contributed by atoms with E-state index in [0.717, 1.165) is 5.54 Å². The van der Waals surface area contributed by atoms with Crippen LogP contribution in [0.1, 0.15) is 12.5 Å². The van der Waals surface area contributed by atoms with Crippen molar-refractivity contribution in [2.24, 2.45) is 0 Å². The van der Waals surface area contributed by atoms with Gasteiger partial charge in [-0.05, 0) is 17.5 Å². The third kappa shape index (κ3) is 4.05. The fourth-order valence-corrected chi connectivity index (χ4v) is 4.52. The van der Waals surface area contributed by atoms with Gasteiger partial charge in [-0.15, -0.1) is 18.9 Å². The van der Waals surface area contributed by atoms with Crippen molar-refractivity contribution in [2.75, 3.05) is 0 Å². The average Bonchev–Trinajstić information content (AvgIpc) is 2.39. The minimum atomic E-state index is -1.43. The highest BCUT2D eigenvalue weighted by Crippen LogP contribution is 2.26. The van der Waals surface area contributed by atoms with Crippen LogP contribution in [0, 0.1) is 0 Å². The van der Waals surface area contributed by atoms with Crippen LogP contribution in [0.5, 0.6) is 0 Å². The lowest BCUT2D eigenvalue weighted by Crippen LogP contribution is -2.39. The van der Waals surface area contributed by atoms with Crippen LogP contribution in [0.15, 0.2) is 48.8 Å². The third-order valence-corrected chi connectivity index (χ3v) is 11.1. The van der Waals surface area contributed by atoms with Crippen LogP contribution in [-0.2, 0) is 6.42 Å². The van der Waals surface area contributed by atoms with E-state index in [0.29, 0.717) is 0 Å². The van der Waals surface area contributed by atoms with Gasteiger partial charge in [0.25, 0.3) is 0 Å². The van der Waals surface area contributed by atoms with Gasteiger partial charge >= 0.3 is 0 Å². The molecule has 1 aromatic rings. The molecule has 0 heterocycles. The Balaban J connectivity index is 2.95. The molecule has 19 heavy (non-hydrogen) atoms. The second-order valence-electron chi connectivity index (χ2n) is 6.76. The van der Waals surface area contributed by atoms with E-state index in [1.165, 1.54) is 17.2 Å². The van der Waals surface area contributed by atoms with E-state index in [-0.39, 0.29) is 0 Å². The molecule has 0 bridgehead atoms. The van der Waals surface area contributed by atoms with E-state index in [4.69, 9.17) is 0 Å². The first-order valence-electron chi connectivity index (χ1n) is 7.09. The minimum absolute atomic E-state index is 0.730. The maximum atomic E-state index is 4.02. The maximum Gasteiger partial charge on any atom is 0.103 e. The first kappa shape index (κ1) is 16.2. The molecule has 0 saturated heterocycles. The molecule has 0 spiro atoms. The fraction of sp³-hybridized carbons (Fsp3) is 0.412. The Kier molecular flexibility index (Phi) is 5.16. The summed E-state index contributed by atoms with van der Waals surface area (Å²) < 4.78 is 0. The molecule has 0 aliphatic carbocycles. The average molecular weight is 289 g/mol. The van der Waals surface area contributed by atoms with E-state index >= 15 is 0 Å². The standard InChI is InChI=1S/C17H28Si2/c1-8-18(4,5)15(3)13-16-11-10-12-17(14-16)19(6,7)9-2/h8-12,14-15H,1-2,13H2,3-7H3. The Bertz CT molecular complexity index is 458. The van der Waals surface area contributed by atoms with Crippen LogP contribution >= 0.6 is 0 Å². The molecule has 0 aromatic heterocycles. The van der Waals surface area contributed by atoms with Crippen LogP contribution < -0.4 is 5.19 Å². The van der Waals surface area contributed by atoms with Crippen molar-refractivity contribution in [3.8, 4) is 0 Å². The van der Waals surface area contributed by atoms with Crippen LogP contribution in [-0.4, -0.2) is 16.1 Å². The zero-order valence-corrected chi connectivity index (χ0v) is 15.2. The molecule has 0 radical (unpaired) electrons. The summed E-state index contributed by atoms with van der Waals surface area (Å²) >= 11 is 0. The number of hydrogen-bond acceptors (Lipinski definition) is 0.